The average molecular weight is 231 g/mol. The van der Waals surface area contributed by atoms with Gasteiger partial charge in [-0.1, -0.05) is 0 Å². The number of nitrogens with one attached hydrogen (secondary N) is 2. The lowest BCUT2D eigenvalue weighted by Gasteiger charge is -2.07. The van der Waals surface area contributed by atoms with Crippen molar-refractivity contribution in [3.63, 3.8) is 0 Å². The Morgan fingerprint density at radius 1 is 1.59 bits per heavy atom. The van der Waals surface area contributed by atoms with E-state index in [4.69, 9.17) is 0 Å². The molecule has 0 aromatic carbocycles. The van der Waals surface area contributed by atoms with E-state index in [2.05, 4.69) is 20.5 Å². The topological polar surface area (TPSA) is 75.6 Å². The summed E-state index contributed by atoms with van der Waals surface area (Å²) in [5.41, 5.74) is 0.715. The van der Waals surface area contributed by atoms with Gasteiger partial charge in [-0.2, -0.15) is 5.10 Å². The van der Waals surface area contributed by atoms with E-state index >= 15 is 0 Å². The van der Waals surface area contributed by atoms with E-state index in [1.807, 2.05) is 22.9 Å². The van der Waals surface area contributed by atoms with Crippen molar-refractivity contribution in [3.8, 4) is 0 Å². The number of carbonyl (C=O) groups excluding carboxylic acids is 1. The molecule has 6 nitrogen and oxygen atoms in total. The number of H-pyrrole nitrogens is 1. The van der Waals surface area contributed by atoms with Gasteiger partial charge >= 0.3 is 0 Å². The van der Waals surface area contributed by atoms with Crippen LogP contribution in [-0.4, -0.2) is 25.7 Å². The third kappa shape index (κ3) is 2.06. The molecule has 0 bridgehead atoms. The third-order valence-electron chi connectivity index (χ3n) is 2.83. The Balaban J connectivity index is 1.67. The molecular weight excluding hydrogens is 218 g/mol. The highest BCUT2D eigenvalue weighted by Gasteiger charge is 2.26. The van der Waals surface area contributed by atoms with Crippen molar-refractivity contribution < 1.29 is 4.79 Å². The molecule has 2 aromatic rings. The lowest BCUT2D eigenvalue weighted by Crippen LogP contribution is -2.25. The summed E-state index contributed by atoms with van der Waals surface area (Å²) in [5, 5.41) is 9.25. The average Bonchev–Trinajstić information content (AvgIpc) is 2.88. The molecule has 1 amide bonds. The largest absolute Gasteiger partial charge is 0.343 e. The van der Waals surface area contributed by atoms with Gasteiger partial charge < -0.3 is 9.88 Å². The summed E-state index contributed by atoms with van der Waals surface area (Å²) < 4.78 is 2.04. The fourth-order valence-corrected chi connectivity index (χ4v) is 1.83. The van der Waals surface area contributed by atoms with E-state index in [1.165, 1.54) is 6.33 Å². The van der Waals surface area contributed by atoms with Crippen LogP contribution in [0.4, 0.5) is 0 Å². The molecule has 0 saturated heterocycles. The van der Waals surface area contributed by atoms with Gasteiger partial charge in [-0.05, 0) is 25.0 Å². The first-order valence-electron chi connectivity index (χ1n) is 5.64. The maximum absolute atomic E-state index is 12.0. The second-order valence-corrected chi connectivity index (χ2v) is 4.15. The minimum atomic E-state index is -0.0710. The predicted molar refractivity (Wildman–Crippen MR) is 60.3 cm³/mol. The fourth-order valence-electron chi connectivity index (χ4n) is 1.83. The fraction of sp³-hybridized carbons (Fsp3) is 0.364. The zero-order chi connectivity index (χ0) is 11.7. The molecular formula is C11H13N5O. The summed E-state index contributed by atoms with van der Waals surface area (Å²) in [4.78, 5) is 15.9. The number of hydrogen-bond donors (Lipinski definition) is 2. The zero-order valence-corrected chi connectivity index (χ0v) is 9.26. The maximum atomic E-state index is 12.0. The molecule has 0 radical (unpaired) electrons. The normalized spacial score (nSPS) is 14.8. The summed E-state index contributed by atoms with van der Waals surface area (Å²) in [6.45, 7) is 0.370. The van der Waals surface area contributed by atoms with E-state index in [-0.39, 0.29) is 5.91 Å². The summed E-state index contributed by atoms with van der Waals surface area (Å²) >= 11 is 0. The maximum Gasteiger partial charge on any atom is 0.268 e. The predicted octanol–water partition coefficient (Wildman–Crippen LogP) is 0.871. The first-order chi connectivity index (χ1) is 8.34. The van der Waals surface area contributed by atoms with Crippen LogP contribution in [-0.2, 0) is 6.54 Å². The molecule has 0 aliphatic heterocycles. The van der Waals surface area contributed by atoms with Gasteiger partial charge in [-0.15, -0.1) is 0 Å². The van der Waals surface area contributed by atoms with Crippen molar-refractivity contribution in [2.24, 2.45) is 0 Å². The van der Waals surface area contributed by atoms with Crippen molar-refractivity contribution >= 4 is 5.91 Å². The van der Waals surface area contributed by atoms with Gasteiger partial charge in [0, 0.05) is 12.2 Å². The number of aromatic nitrogens is 4. The Kier molecular flexibility index (Phi) is 2.40. The van der Waals surface area contributed by atoms with Crippen molar-refractivity contribution in [1.29, 1.82) is 0 Å². The minimum Gasteiger partial charge on any atom is -0.343 e. The molecule has 2 heterocycles. The SMILES string of the molecule is O=C(NCc1ncn[nH]1)c1cccn1C1CC1. The summed E-state index contributed by atoms with van der Waals surface area (Å²) in [6, 6.07) is 4.26. The van der Waals surface area contributed by atoms with E-state index < -0.39 is 0 Å². The second-order valence-electron chi connectivity index (χ2n) is 4.15. The second kappa shape index (κ2) is 4.04. The van der Waals surface area contributed by atoms with Crippen LogP contribution >= 0.6 is 0 Å². The quantitative estimate of drug-likeness (QED) is 0.819. The van der Waals surface area contributed by atoms with E-state index in [0.29, 0.717) is 24.1 Å². The van der Waals surface area contributed by atoms with Crippen LogP contribution in [0.25, 0.3) is 0 Å². The molecule has 0 unspecified atom stereocenters. The standard InChI is InChI=1S/C11H13N5O/c17-11(12-6-10-13-7-14-15-10)9-2-1-5-16(9)8-3-4-8/h1-2,5,7-8H,3-4,6H2,(H,12,17)(H,13,14,15). The van der Waals surface area contributed by atoms with E-state index in [0.717, 1.165) is 12.8 Å². The monoisotopic (exact) mass is 231 g/mol. The van der Waals surface area contributed by atoms with Gasteiger partial charge in [0.25, 0.3) is 5.91 Å². The van der Waals surface area contributed by atoms with Gasteiger partial charge in [0.2, 0.25) is 0 Å². The number of aromatic amines is 1. The molecule has 2 aromatic heterocycles. The molecule has 0 atom stereocenters. The lowest BCUT2D eigenvalue weighted by atomic mass is 10.4. The molecule has 17 heavy (non-hydrogen) atoms. The molecule has 0 spiro atoms. The van der Waals surface area contributed by atoms with Crippen molar-refractivity contribution in [2.75, 3.05) is 0 Å². The van der Waals surface area contributed by atoms with Gasteiger partial charge in [0.15, 0.2) is 0 Å². The molecule has 1 fully saturated rings. The number of carbonyl (C=O) groups is 1. The van der Waals surface area contributed by atoms with Crippen LogP contribution in [0.3, 0.4) is 0 Å². The lowest BCUT2D eigenvalue weighted by molar-refractivity contribution is 0.0940. The Labute approximate surface area is 98.1 Å². The highest BCUT2D eigenvalue weighted by Crippen LogP contribution is 2.35. The molecule has 1 aliphatic rings. The minimum absolute atomic E-state index is 0.0710. The summed E-state index contributed by atoms with van der Waals surface area (Å²) in [5.74, 6) is 0.584. The van der Waals surface area contributed by atoms with Crippen LogP contribution in [0.1, 0.15) is 35.2 Å². The Bertz CT molecular complexity index is 512. The van der Waals surface area contributed by atoms with Gasteiger partial charge in [0.1, 0.15) is 17.8 Å². The number of nitrogens with zero attached hydrogens (tertiary/aromatic N) is 3. The van der Waals surface area contributed by atoms with Crippen molar-refractivity contribution in [2.45, 2.75) is 25.4 Å². The zero-order valence-electron chi connectivity index (χ0n) is 9.26. The van der Waals surface area contributed by atoms with Crippen LogP contribution in [0, 0.1) is 0 Å². The number of rotatable bonds is 4. The number of amides is 1. The first kappa shape index (κ1) is 10.1. The summed E-state index contributed by atoms with van der Waals surface area (Å²) in [6.07, 6.45) is 5.71. The van der Waals surface area contributed by atoms with Crippen LogP contribution in [0.5, 0.6) is 0 Å². The third-order valence-corrected chi connectivity index (χ3v) is 2.83. The van der Waals surface area contributed by atoms with Crippen molar-refractivity contribution in [3.05, 3.63) is 36.2 Å². The van der Waals surface area contributed by atoms with Gasteiger partial charge in [0.05, 0.1) is 6.54 Å². The van der Waals surface area contributed by atoms with Gasteiger partial charge in [-0.25, -0.2) is 4.98 Å². The first-order valence-corrected chi connectivity index (χ1v) is 5.64. The molecule has 2 N–H and O–H groups in total. The molecule has 6 heteroatoms. The molecule has 1 aliphatic carbocycles. The van der Waals surface area contributed by atoms with Crippen LogP contribution in [0.2, 0.25) is 0 Å². The summed E-state index contributed by atoms with van der Waals surface area (Å²) in [7, 11) is 0. The van der Waals surface area contributed by atoms with Crippen LogP contribution in [0.15, 0.2) is 24.7 Å². The van der Waals surface area contributed by atoms with Crippen molar-refractivity contribution in [1.82, 2.24) is 25.1 Å². The molecule has 1 saturated carbocycles. The Morgan fingerprint density at radius 2 is 2.47 bits per heavy atom. The molecule has 3 rings (SSSR count). The molecule has 88 valence electrons. The Hall–Kier alpha value is -2.11. The smallest absolute Gasteiger partial charge is 0.268 e. The van der Waals surface area contributed by atoms with E-state index in [9.17, 15) is 4.79 Å². The highest BCUT2D eigenvalue weighted by atomic mass is 16.1. The Morgan fingerprint density at radius 3 is 3.18 bits per heavy atom. The van der Waals surface area contributed by atoms with Gasteiger partial charge in [-0.3, -0.25) is 9.89 Å². The van der Waals surface area contributed by atoms with E-state index in [1.54, 1.807) is 0 Å². The van der Waals surface area contributed by atoms with Crippen LogP contribution < -0.4 is 5.32 Å². The highest BCUT2D eigenvalue weighted by molar-refractivity contribution is 5.92. The number of hydrogen-bond acceptors (Lipinski definition) is 3.